The van der Waals surface area contributed by atoms with E-state index in [1.807, 2.05) is 0 Å². The molecular weight excluding hydrogens is 250 g/mol. The number of aromatic nitrogens is 1. The second-order valence-corrected chi connectivity index (χ2v) is 4.21. The average molecular weight is 267 g/mol. The van der Waals surface area contributed by atoms with Crippen molar-refractivity contribution in [1.29, 1.82) is 0 Å². The highest BCUT2D eigenvalue weighted by molar-refractivity contribution is 5.98. The summed E-state index contributed by atoms with van der Waals surface area (Å²) in [6, 6.07) is 4.98. The highest BCUT2D eigenvalue weighted by Gasteiger charge is 2.43. The van der Waals surface area contributed by atoms with Gasteiger partial charge in [0.05, 0.1) is 13.7 Å². The third-order valence-electron chi connectivity index (χ3n) is 2.72. The van der Waals surface area contributed by atoms with Crippen molar-refractivity contribution in [2.24, 2.45) is 5.41 Å². The zero-order valence-corrected chi connectivity index (χ0v) is 11.2. The van der Waals surface area contributed by atoms with Gasteiger partial charge in [0.1, 0.15) is 0 Å². The van der Waals surface area contributed by atoms with E-state index < -0.39 is 17.4 Å². The third kappa shape index (κ3) is 3.43. The lowest BCUT2D eigenvalue weighted by Crippen LogP contribution is -2.40. The lowest BCUT2D eigenvalue weighted by Gasteiger charge is -2.22. The normalized spacial score (nSPS) is 13.4. The molecule has 0 radical (unpaired) electrons. The highest BCUT2D eigenvalue weighted by Crippen LogP contribution is 2.25. The van der Waals surface area contributed by atoms with E-state index in [0.717, 1.165) is 0 Å². The van der Waals surface area contributed by atoms with Gasteiger partial charge in [-0.05, 0) is 19.9 Å². The summed E-state index contributed by atoms with van der Waals surface area (Å²) in [5.41, 5.74) is -1.20. The number of aliphatic carboxylic acids is 1. The standard InChI is InChI=1S/C13H17NO5/c1-4-19-12(17)13(2,11(15)16)8-9-6-5-7-10(14-9)18-3/h5-7H,4,8H2,1-3H3,(H,15,16). The maximum atomic E-state index is 11.8. The maximum absolute atomic E-state index is 11.8. The number of pyridine rings is 1. The van der Waals surface area contributed by atoms with Crippen molar-refractivity contribution in [2.45, 2.75) is 20.3 Å². The first-order chi connectivity index (χ1) is 8.93. The number of carboxylic acids is 1. The van der Waals surface area contributed by atoms with Crippen LogP contribution in [-0.4, -0.2) is 35.7 Å². The van der Waals surface area contributed by atoms with Crippen LogP contribution in [0.25, 0.3) is 0 Å². The van der Waals surface area contributed by atoms with Gasteiger partial charge in [0.15, 0.2) is 5.41 Å². The van der Waals surface area contributed by atoms with E-state index in [-0.39, 0.29) is 13.0 Å². The zero-order valence-electron chi connectivity index (χ0n) is 11.2. The van der Waals surface area contributed by atoms with Gasteiger partial charge in [-0.15, -0.1) is 0 Å². The first-order valence-electron chi connectivity index (χ1n) is 5.84. The van der Waals surface area contributed by atoms with Crippen molar-refractivity contribution in [3.05, 3.63) is 23.9 Å². The molecule has 0 aliphatic heterocycles. The SMILES string of the molecule is CCOC(=O)C(C)(Cc1cccc(OC)n1)C(=O)O. The Morgan fingerprint density at radius 1 is 1.42 bits per heavy atom. The fourth-order valence-electron chi connectivity index (χ4n) is 1.56. The fourth-order valence-corrected chi connectivity index (χ4v) is 1.56. The van der Waals surface area contributed by atoms with Crippen LogP contribution in [0.2, 0.25) is 0 Å². The minimum atomic E-state index is -1.66. The Morgan fingerprint density at radius 3 is 2.63 bits per heavy atom. The molecule has 6 nitrogen and oxygen atoms in total. The van der Waals surface area contributed by atoms with Gasteiger partial charge in [-0.2, -0.15) is 0 Å². The number of hydrogen-bond acceptors (Lipinski definition) is 5. The number of hydrogen-bond donors (Lipinski definition) is 1. The van der Waals surface area contributed by atoms with E-state index >= 15 is 0 Å². The van der Waals surface area contributed by atoms with Crippen LogP contribution >= 0.6 is 0 Å². The minimum absolute atomic E-state index is 0.0572. The lowest BCUT2D eigenvalue weighted by molar-refractivity contribution is -0.167. The molecule has 0 fully saturated rings. The molecular formula is C13H17NO5. The second kappa shape index (κ2) is 6.17. The Morgan fingerprint density at radius 2 is 2.11 bits per heavy atom. The first-order valence-corrected chi connectivity index (χ1v) is 5.84. The molecule has 0 spiro atoms. The molecule has 1 aromatic rings. The number of ether oxygens (including phenoxy) is 2. The van der Waals surface area contributed by atoms with Gasteiger partial charge in [0.2, 0.25) is 5.88 Å². The molecule has 1 unspecified atom stereocenters. The fraction of sp³-hybridized carbons (Fsp3) is 0.462. The van der Waals surface area contributed by atoms with Gasteiger partial charge in [-0.3, -0.25) is 9.59 Å². The summed E-state index contributed by atoms with van der Waals surface area (Å²) in [4.78, 5) is 27.2. The van der Waals surface area contributed by atoms with Crippen LogP contribution in [0.1, 0.15) is 19.5 Å². The van der Waals surface area contributed by atoms with Crippen molar-refractivity contribution in [3.63, 3.8) is 0 Å². The Labute approximate surface area is 111 Å². The van der Waals surface area contributed by atoms with Crippen molar-refractivity contribution < 1.29 is 24.2 Å². The maximum Gasteiger partial charge on any atom is 0.323 e. The first kappa shape index (κ1) is 14.9. The largest absolute Gasteiger partial charge is 0.481 e. The Kier molecular flexibility index (Phi) is 4.86. The van der Waals surface area contributed by atoms with Crippen LogP contribution in [0.15, 0.2) is 18.2 Å². The van der Waals surface area contributed by atoms with E-state index in [4.69, 9.17) is 9.47 Å². The molecule has 0 aliphatic rings. The number of rotatable bonds is 6. The average Bonchev–Trinajstić information content (AvgIpc) is 2.38. The summed E-state index contributed by atoms with van der Waals surface area (Å²) in [5.74, 6) is -1.64. The summed E-state index contributed by atoms with van der Waals surface area (Å²) >= 11 is 0. The molecule has 0 bridgehead atoms. The quantitative estimate of drug-likeness (QED) is 0.617. The molecule has 1 rings (SSSR count). The van der Waals surface area contributed by atoms with Gasteiger partial charge < -0.3 is 14.6 Å². The lowest BCUT2D eigenvalue weighted by atomic mass is 9.85. The van der Waals surface area contributed by atoms with Gasteiger partial charge in [0.25, 0.3) is 0 Å². The molecule has 0 aliphatic carbocycles. The minimum Gasteiger partial charge on any atom is -0.481 e. The van der Waals surface area contributed by atoms with Crippen LogP contribution in [0.3, 0.4) is 0 Å². The van der Waals surface area contributed by atoms with E-state index in [1.54, 1.807) is 25.1 Å². The summed E-state index contributed by atoms with van der Waals surface area (Å²) in [5, 5.41) is 9.26. The second-order valence-electron chi connectivity index (χ2n) is 4.21. The zero-order chi connectivity index (χ0) is 14.5. The Bertz CT molecular complexity index is 474. The molecule has 1 aromatic heterocycles. The molecule has 0 saturated carbocycles. The predicted molar refractivity (Wildman–Crippen MR) is 66.9 cm³/mol. The predicted octanol–water partition coefficient (Wildman–Crippen LogP) is 1.29. The van der Waals surface area contributed by atoms with Crippen molar-refractivity contribution in [3.8, 4) is 5.88 Å². The van der Waals surface area contributed by atoms with E-state index in [0.29, 0.717) is 11.6 Å². The van der Waals surface area contributed by atoms with Gasteiger partial charge in [-0.1, -0.05) is 6.07 Å². The van der Waals surface area contributed by atoms with Crippen LogP contribution in [0, 0.1) is 5.41 Å². The van der Waals surface area contributed by atoms with Crippen molar-refractivity contribution >= 4 is 11.9 Å². The van der Waals surface area contributed by atoms with Crippen molar-refractivity contribution in [2.75, 3.05) is 13.7 Å². The molecule has 0 saturated heterocycles. The molecule has 19 heavy (non-hydrogen) atoms. The van der Waals surface area contributed by atoms with Crippen LogP contribution < -0.4 is 4.74 Å². The van der Waals surface area contributed by atoms with Gasteiger partial charge >= 0.3 is 11.9 Å². The number of carbonyl (C=O) groups excluding carboxylic acids is 1. The topological polar surface area (TPSA) is 85.7 Å². The summed E-state index contributed by atoms with van der Waals surface area (Å²) in [6.45, 7) is 3.09. The van der Waals surface area contributed by atoms with E-state index in [9.17, 15) is 14.7 Å². The van der Waals surface area contributed by atoms with Gasteiger partial charge in [-0.25, -0.2) is 4.98 Å². The molecule has 0 aromatic carbocycles. The number of nitrogens with zero attached hydrogens (tertiary/aromatic N) is 1. The molecule has 1 heterocycles. The molecule has 0 amide bonds. The molecule has 104 valence electrons. The molecule has 1 N–H and O–H groups in total. The van der Waals surface area contributed by atoms with Crippen LogP contribution in [0.4, 0.5) is 0 Å². The van der Waals surface area contributed by atoms with Crippen molar-refractivity contribution in [1.82, 2.24) is 4.98 Å². The number of methoxy groups -OCH3 is 1. The monoisotopic (exact) mass is 267 g/mol. The molecule has 6 heteroatoms. The number of carboxylic acid groups (broad SMARTS) is 1. The summed E-state index contributed by atoms with van der Waals surface area (Å²) in [6.07, 6.45) is -0.0572. The number of carbonyl (C=O) groups is 2. The Balaban J connectivity index is 3.01. The van der Waals surface area contributed by atoms with Crippen LogP contribution in [0.5, 0.6) is 5.88 Å². The summed E-state index contributed by atoms with van der Waals surface area (Å²) < 4.78 is 9.78. The smallest absolute Gasteiger partial charge is 0.323 e. The highest BCUT2D eigenvalue weighted by atomic mass is 16.5. The van der Waals surface area contributed by atoms with E-state index in [2.05, 4.69) is 4.98 Å². The summed E-state index contributed by atoms with van der Waals surface area (Å²) in [7, 11) is 1.47. The number of esters is 1. The van der Waals surface area contributed by atoms with E-state index in [1.165, 1.54) is 14.0 Å². The molecule has 1 atom stereocenters. The third-order valence-corrected chi connectivity index (χ3v) is 2.72. The van der Waals surface area contributed by atoms with Gasteiger partial charge in [0, 0.05) is 18.2 Å². The van der Waals surface area contributed by atoms with Crippen LogP contribution in [-0.2, 0) is 20.7 Å². The Hall–Kier alpha value is -2.11.